The van der Waals surface area contributed by atoms with Gasteiger partial charge in [-0.2, -0.15) is 0 Å². The number of rotatable bonds is 3. The number of carbonyl (C=O) groups excluding carboxylic acids is 1. The van der Waals surface area contributed by atoms with E-state index in [4.69, 9.17) is 4.74 Å². The van der Waals surface area contributed by atoms with Crippen LogP contribution in [-0.2, 0) is 0 Å². The number of halogens is 1. The van der Waals surface area contributed by atoms with E-state index in [0.29, 0.717) is 11.3 Å². The van der Waals surface area contributed by atoms with E-state index in [1.54, 1.807) is 49.2 Å². The minimum atomic E-state index is -0.273. The summed E-state index contributed by atoms with van der Waals surface area (Å²) in [5.74, 6) is 1.18. The summed E-state index contributed by atoms with van der Waals surface area (Å²) in [4.78, 5) is 13.4. The van der Waals surface area contributed by atoms with E-state index >= 15 is 0 Å². The molecule has 3 nitrogen and oxygen atoms in total. The number of amides is 1. The van der Waals surface area contributed by atoms with Gasteiger partial charge in [0.05, 0.1) is 13.2 Å². The molecule has 1 aliphatic rings. The summed E-state index contributed by atoms with van der Waals surface area (Å²) in [6, 6.07) is 11.5. The normalized spacial score (nSPS) is 16.7. The molecule has 0 saturated heterocycles. The lowest BCUT2D eigenvalue weighted by molar-refractivity contribution is 0.0935. The van der Waals surface area contributed by atoms with Crippen LogP contribution < -0.4 is 10.1 Å². The van der Waals surface area contributed by atoms with Gasteiger partial charge in [0.2, 0.25) is 0 Å². The average molecular weight is 317 g/mol. The van der Waals surface area contributed by atoms with Gasteiger partial charge in [0.1, 0.15) is 11.6 Å². The highest BCUT2D eigenvalue weighted by Crippen LogP contribution is 2.36. The molecule has 5 heteroatoms. The molecule has 3 rings (SSSR count). The monoisotopic (exact) mass is 317 g/mol. The molecule has 1 heterocycles. The lowest BCUT2D eigenvalue weighted by Gasteiger charge is -2.26. The van der Waals surface area contributed by atoms with Crippen LogP contribution in [0, 0.1) is 5.82 Å². The molecule has 0 bridgehead atoms. The zero-order valence-electron chi connectivity index (χ0n) is 12.1. The number of hydrogen-bond acceptors (Lipinski definition) is 3. The molecular weight excluding hydrogens is 301 g/mol. The molecule has 1 amide bonds. The van der Waals surface area contributed by atoms with Crippen molar-refractivity contribution in [3.63, 3.8) is 0 Å². The van der Waals surface area contributed by atoms with Gasteiger partial charge >= 0.3 is 0 Å². The fourth-order valence-electron chi connectivity index (χ4n) is 2.50. The summed E-state index contributed by atoms with van der Waals surface area (Å²) in [6.45, 7) is 0. The lowest BCUT2D eigenvalue weighted by Crippen LogP contribution is -2.30. The van der Waals surface area contributed by atoms with E-state index in [2.05, 4.69) is 5.32 Å². The van der Waals surface area contributed by atoms with Crippen LogP contribution >= 0.6 is 11.8 Å². The number of hydrogen-bond donors (Lipinski definition) is 1. The van der Waals surface area contributed by atoms with Crippen molar-refractivity contribution in [1.82, 2.24) is 5.32 Å². The van der Waals surface area contributed by atoms with Crippen molar-refractivity contribution in [2.24, 2.45) is 0 Å². The van der Waals surface area contributed by atoms with Crippen molar-refractivity contribution in [3.05, 3.63) is 59.4 Å². The van der Waals surface area contributed by atoms with Crippen molar-refractivity contribution in [2.45, 2.75) is 17.4 Å². The fourth-order valence-corrected chi connectivity index (χ4v) is 3.60. The molecule has 0 aliphatic carbocycles. The first-order valence-corrected chi connectivity index (χ1v) is 8.03. The Kier molecular flexibility index (Phi) is 4.34. The highest BCUT2D eigenvalue weighted by Gasteiger charge is 2.23. The average Bonchev–Trinajstić information content (AvgIpc) is 2.55. The molecule has 0 saturated carbocycles. The quantitative estimate of drug-likeness (QED) is 0.936. The number of ether oxygens (including phenoxy) is 1. The summed E-state index contributed by atoms with van der Waals surface area (Å²) in [5.41, 5.74) is 1.43. The Bertz CT molecular complexity index is 688. The minimum absolute atomic E-state index is 0.151. The summed E-state index contributed by atoms with van der Waals surface area (Å²) >= 11 is 1.69. The van der Waals surface area contributed by atoms with Crippen molar-refractivity contribution in [1.29, 1.82) is 0 Å². The standard InChI is InChI=1S/C17H16FNO2S/c1-21-13-5-2-11(3-6-13)17(20)19-15-8-9-22-16-7-4-12(18)10-14(15)16/h2-7,10,15H,8-9H2,1H3,(H,19,20)/t15-/m0/s1. The number of carbonyl (C=O) groups is 1. The van der Waals surface area contributed by atoms with Gasteiger partial charge in [-0.3, -0.25) is 4.79 Å². The van der Waals surface area contributed by atoms with Gasteiger partial charge in [0, 0.05) is 16.2 Å². The molecule has 2 aromatic rings. The molecule has 0 unspecified atom stereocenters. The Morgan fingerprint density at radius 1 is 1.27 bits per heavy atom. The predicted octanol–water partition coefficient (Wildman–Crippen LogP) is 3.80. The van der Waals surface area contributed by atoms with Gasteiger partial charge in [0.25, 0.3) is 5.91 Å². The topological polar surface area (TPSA) is 38.3 Å². The summed E-state index contributed by atoms with van der Waals surface area (Å²) in [5, 5.41) is 3.00. The molecule has 2 aromatic carbocycles. The fraction of sp³-hybridized carbons (Fsp3) is 0.235. The van der Waals surface area contributed by atoms with Crippen LogP contribution in [0.3, 0.4) is 0 Å². The Morgan fingerprint density at radius 3 is 2.77 bits per heavy atom. The summed E-state index contributed by atoms with van der Waals surface area (Å²) in [7, 11) is 1.58. The maximum Gasteiger partial charge on any atom is 0.251 e. The van der Waals surface area contributed by atoms with Gasteiger partial charge < -0.3 is 10.1 Å². The van der Waals surface area contributed by atoms with E-state index in [1.165, 1.54) is 12.1 Å². The Labute approximate surface area is 132 Å². The molecule has 1 atom stereocenters. The Morgan fingerprint density at radius 2 is 2.05 bits per heavy atom. The van der Waals surface area contributed by atoms with Crippen LogP contribution in [-0.4, -0.2) is 18.8 Å². The zero-order chi connectivity index (χ0) is 15.5. The molecule has 0 radical (unpaired) electrons. The molecule has 0 fully saturated rings. The Balaban J connectivity index is 1.78. The summed E-state index contributed by atoms with van der Waals surface area (Å²) < 4.78 is 18.6. The lowest BCUT2D eigenvalue weighted by atomic mass is 10.0. The van der Waals surface area contributed by atoms with E-state index in [9.17, 15) is 9.18 Å². The Hall–Kier alpha value is -2.01. The third-order valence-corrected chi connectivity index (χ3v) is 4.79. The number of methoxy groups -OCH3 is 1. The zero-order valence-corrected chi connectivity index (χ0v) is 13.0. The third-order valence-electron chi connectivity index (χ3n) is 3.67. The van der Waals surface area contributed by atoms with E-state index in [1.807, 2.05) is 0 Å². The summed E-state index contributed by atoms with van der Waals surface area (Å²) in [6.07, 6.45) is 0.795. The van der Waals surface area contributed by atoms with E-state index < -0.39 is 0 Å². The molecule has 114 valence electrons. The van der Waals surface area contributed by atoms with Crippen LogP contribution in [0.2, 0.25) is 0 Å². The van der Waals surface area contributed by atoms with Crippen LogP contribution in [0.15, 0.2) is 47.4 Å². The second-order valence-corrected chi connectivity index (χ2v) is 6.21. The van der Waals surface area contributed by atoms with Crippen molar-refractivity contribution in [3.8, 4) is 5.75 Å². The van der Waals surface area contributed by atoms with Crippen LogP contribution in [0.4, 0.5) is 4.39 Å². The first kappa shape index (κ1) is 14.9. The first-order valence-electron chi connectivity index (χ1n) is 7.04. The molecule has 0 aromatic heterocycles. The van der Waals surface area contributed by atoms with Gasteiger partial charge in [-0.25, -0.2) is 4.39 Å². The highest BCUT2D eigenvalue weighted by atomic mass is 32.2. The largest absolute Gasteiger partial charge is 0.497 e. The molecule has 0 spiro atoms. The molecule has 22 heavy (non-hydrogen) atoms. The van der Waals surface area contributed by atoms with Crippen molar-refractivity contribution >= 4 is 17.7 Å². The maximum absolute atomic E-state index is 13.5. The van der Waals surface area contributed by atoms with Crippen LogP contribution in [0.5, 0.6) is 5.75 Å². The maximum atomic E-state index is 13.5. The van der Waals surface area contributed by atoms with Crippen LogP contribution in [0.1, 0.15) is 28.4 Å². The van der Waals surface area contributed by atoms with E-state index in [0.717, 1.165) is 22.6 Å². The van der Waals surface area contributed by atoms with Crippen molar-refractivity contribution < 1.29 is 13.9 Å². The third kappa shape index (κ3) is 3.09. The first-order chi connectivity index (χ1) is 10.7. The van der Waals surface area contributed by atoms with Gasteiger partial charge in [-0.1, -0.05) is 0 Å². The number of thioether (sulfide) groups is 1. The SMILES string of the molecule is COc1ccc(C(=O)N[C@H]2CCSc3ccc(F)cc32)cc1. The number of fused-ring (bicyclic) bond motifs is 1. The smallest absolute Gasteiger partial charge is 0.251 e. The molecule has 1 N–H and O–H groups in total. The molecule has 1 aliphatic heterocycles. The second kappa shape index (κ2) is 6.40. The number of benzene rings is 2. The highest BCUT2D eigenvalue weighted by molar-refractivity contribution is 7.99. The second-order valence-electron chi connectivity index (χ2n) is 5.07. The molecular formula is C17H16FNO2S. The van der Waals surface area contributed by atoms with Crippen LogP contribution in [0.25, 0.3) is 0 Å². The van der Waals surface area contributed by atoms with Crippen molar-refractivity contribution in [2.75, 3.05) is 12.9 Å². The predicted molar refractivity (Wildman–Crippen MR) is 84.9 cm³/mol. The minimum Gasteiger partial charge on any atom is -0.497 e. The van der Waals surface area contributed by atoms with Gasteiger partial charge in [-0.05, 0) is 54.4 Å². The van der Waals surface area contributed by atoms with Gasteiger partial charge in [-0.15, -0.1) is 11.8 Å². The van der Waals surface area contributed by atoms with E-state index in [-0.39, 0.29) is 17.8 Å². The number of nitrogens with one attached hydrogen (secondary N) is 1. The van der Waals surface area contributed by atoms with Gasteiger partial charge in [0.15, 0.2) is 0 Å².